The van der Waals surface area contributed by atoms with Crippen molar-refractivity contribution in [3.05, 3.63) is 59.7 Å². The standard InChI is InChI=1S/C22H26N2O2S/c1-15-8-10-18(11-9-15)24-20(26)14-27-21(24)16-6-5-7-17(12-16)23-19(25)13-22(2,3)4/h5-12,21H,13-14H2,1-4H3,(H,23,25)/t21-/m1/s1. The number of hydrogen-bond donors (Lipinski definition) is 1. The number of amides is 2. The summed E-state index contributed by atoms with van der Waals surface area (Å²) < 4.78 is 0. The Morgan fingerprint density at radius 2 is 1.89 bits per heavy atom. The van der Waals surface area contributed by atoms with Gasteiger partial charge in [0.15, 0.2) is 0 Å². The van der Waals surface area contributed by atoms with E-state index in [9.17, 15) is 9.59 Å². The van der Waals surface area contributed by atoms with Crippen molar-refractivity contribution < 1.29 is 9.59 Å². The van der Waals surface area contributed by atoms with Crippen molar-refractivity contribution in [1.29, 1.82) is 0 Å². The van der Waals surface area contributed by atoms with Crippen LogP contribution in [-0.2, 0) is 9.59 Å². The Hall–Kier alpha value is -2.27. The first-order valence-electron chi connectivity index (χ1n) is 9.13. The molecule has 2 aromatic carbocycles. The van der Waals surface area contributed by atoms with Crippen molar-refractivity contribution in [1.82, 2.24) is 0 Å². The Morgan fingerprint density at radius 3 is 2.56 bits per heavy atom. The van der Waals surface area contributed by atoms with Gasteiger partial charge in [0.1, 0.15) is 5.37 Å². The first-order valence-corrected chi connectivity index (χ1v) is 10.2. The molecule has 0 aromatic heterocycles. The van der Waals surface area contributed by atoms with Crippen molar-refractivity contribution in [3.63, 3.8) is 0 Å². The number of thioether (sulfide) groups is 1. The third-order valence-electron chi connectivity index (χ3n) is 4.33. The molecule has 0 spiro atoms. The molecule has 27 heavy (non-hydrogen) atoms. The quantitative estimate of drug-likeness (QED) is 0.796. The lowest BCUT2D eigenvalue weighted by molar-refractivity contribution is -0.118. The number of nitrogens with zero attached hydrogens (tertiary/aromatic N) is 1. The van der Waals surface area contributed by atoms with Gasteiger partial charge in [0.2, 0.25) is 11.8 Å². The van der Waals surface area contributed by atoms with Crippen LogP contribution in [0.25, 0.3) is 0 Å². The number of hydrogen-bond acceptors (Lipinski definition) is 3. The summed E-state index contributed by atoms with van der Waals surface area (Å²) in [5.74, 6) is 0.570. The average Bonchev–Trinajstić information content (AvgIpc) is 2.96. The number of rotatable bonds is 4. The highest BCUT2D eigenvalue weighted by Gasteiger charge is 2.34. The highest BCUT2D eigenvalue weighted by molar-refractivity contribution is 8.00. The third kappa shape index (κ3) is 4.92. The lowest BCUT2D eigenvalue weighted by Crippen LogP contribution is -2.27. The fourth-order valence-electron chi connectivity index (χ4n) is 3.11. The summed E-state index contributed by atoms with van der Waals surface area (Å²) in [5.41, 5.74) is 3.80. The second-order valence-electron chi connectivity index (χ2n) is 8.17. The van der Waals surface area contributed by atoms with Crippen LogP contribution in [0.1, 0.15) is 43.7 Å². The Balaban J connectivity index is 1.82. The molecule has 0 bridgehead atoms. The zero-order valence-corrected chi connectivity index (χ0v) is 17.1. The molecule has 2 aromatic rings. The summed E-state index contributed by atoms with van der Waals surface area (Å²) >= 11 is 1.61. The minimum atomic E-state index is -0.0836. The van der Waals surface area contributed by atoms with E-state index in [1.54, 1.807) is 11.8 Å². The van der Waals surface area contributed by atoms with Gasteiger partial charge in [-0.2, -0.15) is 0 Å². The highest BCUT2D eigenvalue weighted by atomic mass is 32.2. The fraction of sp³-hybridized carbons (Fsp3) is 0.364. The van der Waals surface area contributed by atoms with Crippen molar-refractivity contribution in [2.24, 2.45) is 5.41 Å². The summed E-state index contributed by atoms with van der Waals surface area (Å²) in [7, 11) is 0. The SMILES string of the molecule is Cc1ccc(N2C(=O)CS[C@@H]2c2cccc(NC(=O)CC(C)(C)C)c2)cc1. The molecule has 3 rings (SSSR count). The van der Waals surface area contributed by atoms with Gasteiger partial charge in [-0.3, -0.25) is 14.5 Å². The predicted molar refractivity (Wildman–Crippen MR) is 113 cm³/mol. The number of aryl methyl sites for hydroxylation is 1. The van der Waals surface area contributed by atoms with Crippen molar-refractivity contribution in [3.8, 4) is 0 Å². The molecule has 0 unspecified atom stereocenters. The Labute approximate surface area is 165 Å². The largest absolute Gasteiger partial charge is 0.326 e. The zero-order valence-electron chi connectivity index (χ0n) is 16.3. The van der Waals surface area contributed by atoms with E-state index in [-0.39, 0.29) is 22.6 Å². The van der Waals surface area contributed by atoms with Crippen LogP contribution in [0.3, 0.4) is 0 Å². The van der Waals surface area contributed by atoms with Gasteiger partial charge < -0.3 is 5.32 Å². The van der Waals surface area contributed by atoms with Crippen LogP contribution in [0.5, 0.6) is 0 Å². The van der Waals surface area contributed by atoms with E-state index in [0.29, 0.717) is 12.2 Å². The first kappa shape index (κ1) is 19.5. The smallest absolute Gasteiger partial charge is 0.238 e. The molecule has 2 amide bonds. The van der Waals surface area contributed by atoms with Crippen LogP contribution in [0.15, 0.2) is 48.5 Å². The molecule has 1 aliphatic rings. The molecule has 0 radical (unpaired) electrons. The second-order valence-corrected chi connectivity index (χ2v) is 9.24. The maximum absolute atomic E-state index is 12.5. The van der Waals surface area contributed by atoms with Crippen LogP contribution in [0.2, 0.25) is 0 Å². The summed E-state index contributed by atoms with van der Waals surface area (Å²) in [6, 6.07) is 15.8. The van der Waals surface area contributed by atoms with E-state index in [1.807, 2.05) is 81.1 Å². The Morgan fingerprint density at radius 1 is 1.19 bits per heavy atom. The van der Waals surface area contributed by atoms with E-state index in [0.717, 1.165) is 22.5 Å². The number of benzene rings is 2. The monoisotopic (exact) mass is 382 g/mol. The van der Waals surface area contributed by atoms with Crippen LogP contribution < -0.4 is 10.2 Å². The molecule has 1 saturated heterocycles. The van der Waals surface area contributed by atoms with Crippen LogP contribution in [0, 0.1) is 12.3 Å². The first-order chi connectivity index (χ1) is 12.7. The Bertz CT molecular complexity index is 840. The van der Waals surface area contributed by atoms with Gasteiger partial charge in [-0.1, -0.05) is 50.6 Å². The number of carbonyl (C=O) groups excluding carboxylic acids is 2. The van der Waals surface area contributed by atoms with Gasteiger partial charge in [-0.25, -0.2) is 0 Å². The molecule has 1 atom stereocenters. The third-order valence-corrected chi connectivity index (χ3v) is 5.54. The lowest BCUT2D eigenvalue weighted by Gasteiger charge is -2.25. The normalized spacial score (nSPS) is 17.3. The van der Waals surface area contributed by atoms with Crippen LogP contribution >= 0.6 is 11.8 Å². The summed E-state index contributed by atoms with van der Waals surface area (Å²) in [6.45, 7) is 8.17. The summed E-state index contributed by atoms with van der Waals surface area (Å²) in [5, 5.41) is 2.90. The van der Waals surface area contributed by atoms with Crippen molar-refractivity contribution in [2.75, 3.05) is 16.0 Å². The van der Waals surface area contributed by atoms with Gasteiger partial charge in [-0.05, 0) is 42.2 Å². The van der Waals surface area contributed by atoms with E-state index in [2.05, 4.69) is 5.32 Å². The summed E-state index contributed by atoms with van der Waals surface area (Å²) in [6.07, 6.45) is 0.462. The average molecular weight is 383 g/mol. The van der Waals surface area contributed by atoms with E-state index < -0.39 is 0 Å². The molecule has 1 aliphatic heterocycles. The maximum Gasteiger partial charge on any atom is 0.238 e. The molecule has 4 nitrogen and oxygen atoms in total. The molecule has 1 heterocycles. The van der Waals surface area contributed by atoms with Crippen molar-refractivity contribution >= 4 is 35.0 Å². The summed E-state index contributed by atoms with van der Waals surface area (Å²) in [4.78, 5) is 26.6. The molecular weight excluding hydrogens is 356 g/mol. The van der Waals surface area contributed by atoms with Gasteiger partial charge in [0, 0.05) is 17.8 Å². The number of carbonyl (C=O) groups is 2. The topological polar surface area (TPSA) is 49.4 Å². The van der Waals surface area contributed by atoms with E-state index >= 15 is 0 Å². The minimum absolute atomic E-state index is 0.00481. The second kappa shape index (κ2) is 7.77. The maximum atomic E-state index is 12.5. The number of nitrogens with one attached hydrogen (secondary N) is 1. The van der Waals surface area contributed by atoms with Gasteiger partial charge >= 0.3 is 0 Å². The molecule has 5 heteroatoms. The van der Waals surface area contributed by atoms with E-state index in [1.165, 1.54) is 0 Å². The van der Waals surface area contributed by atoms with Crippen LogP contribution in [0.4, 0.5) is 11.4 Å². The van der Waals surface area contributed by atoms with Gasteiger partial charge in [0.05, 0.1) is 5.75 Å². The molecule has 142 valence electrons. The predicted octanol–water partition coefficient (Wildman–Crippen LogP) is 5.15. The highest BCUT2D eigenvalue weighted by Crippen LogP contribution is 2.42. The van der Waals surface area contributed by atoms with Crippen molar-refractivity contribution in [2.45, 2.75) is 39.5 Å². The van der Waals surface area contributed by atoms with Gasteiger partial charge in [0.25, 0.3) is 0 Å². The van der Waals surface area contributed by atoms with Gasteiger partial charge in [-0.15, -0.1) is 11.8 Å². The minimum Gasteiger partial charge on any atom is -0.326 e. The zero-order chi connectivity index (χ0) is 19.6. The van der Waals surface area contributed by atoms with E-state index in [4.69, 9.17) is 0 Å². The lowest BCUT2D eigenvalue weighted by atomic mass is 9.92. The van der Waals surface area contributed by atoms with Crippen LogP contribution in [-0.4, -0.2) is 17.6 Å². The molecule has 0 saturated carbocycles. The molecule has 1 fully saturated rings. The fourth-order valence-corrected chi connectivity index (χ4v) is 4.28. The number of anilines is 2. The Kier molecular flexibility index (Phi) is 5.61. The molecule has 1 N–H and O–H groups in total. The molecular formula is C22H26N2O2S. The molecule has 0 aliphatic carbocycles.